The van der Waals surface area contributed by atoms with Crippen molar-refractivity contribution >= 4 is 17.9 Å². The van der Waals surface area contributed by atoms with Crippen molar-refractivity contribution in [1.29, 1.82) is 0 Å². The predicted octanol–water partition coefficient (Wildman–Crippen LogP) is 4.06. The Kier molecular flexibility index (Phi) is 6.73. The summed E-state index contributed by atoms with van der Waals surface area (Å²) in [6.07, 6.45) is 9.07. The van der Waals surface area contributed by atoms with Gasteiger partial charge in [0.05, 0.1) is 5.92 Å². The molecule has 1 fully saturated rings. The molecule has 0 heterocycles. The minimum Gasteiger partial charge on any atom is -0.481 e. The largest absolute Gasteiger partial charge is 0.481 e. The lowest BCUT2D eigenvalue weighted by atomic mass is 9.48. The Hall–Kier alpha value is -2.11. The average molecular weight is 392 g/mol. The van der Waals surface area contributed by atoms with Gasteiger partial charge in [-0.1, -0.05) is 39.3 Å². The van der Waals surface area contributed by atoms with Crippen LogP contribution in [0.5, 0.6) is 0 Å². The van der Waals surface area contributed by atoms with Crippen LogP contribution in [0.25, 0.3) is 0 Å². The van der Waals surface area contributed by atoms with Crippen LogP contribution in [0.15, 0.2) is 23.8 Å². The molecule has 0 aromatic rings. The molecule has 0 aromatic carbocycles. The van der Waals surface area contributed by atoms with Crippen molar-refractivity contribution in [1.82, 2.24) is 0 Å². The number of rotatable bonds is 7. The summed E-state index contributed by atoms with van der Waals surface area (Å²) in [4.78, 5) is 34.2. The number of aliphatic carboxylic acids is 2. The SMILES string of the molecule is CC(=O)OCC(=CC(=O)O)CCC1C(C(=O)O)C=CC2C(C)(C)CCCC12C. The maximum absolute atomic E-state index is 12.0. The molecule has 0 radical (unpaired) electrons. The van der Waals surface area contributed by atoms with Crippen LogP contribution < -0.4 is 0 Å². The number of hydrogen-bond donors (Lipinski definition) is 2. The van der Waals surface area contributed by atoms with Crippen molar-refractivity contribution in [3.05, 3.63) is 23.8 Å². The summed E-state index contributed by atoms with van der Waals surface area (Å²) >= 11 is 0. The zero-order valence-corrected chi connectivity index (χ0v) is 17.2. The second-order valence-corrected chi connectivity index (χ2v) is 9.14. The number of carboxylic acid groups (broad SMARTS) is 2. The summed E-state index contributed by atoms with van der Waals surface area (Å²) in [6, 6.07) is 0. The fourth-order valence-corrected chi connectivity index (χ4v) is 5.46. The molecule has 28 heavy (non-hydrogen) atoms. The van der Waals surface area contributed by atoms with E-state index in [0.717, 1.165) is 25.3 Å². The van der Waals surface area contributed by atoms with Crippen molar-refractivity contribution in [3.8, 4) is 0 Å². The molecule has 4 atom stereocenters. The minimum absolute atomic E-state index is 0.0758. The van der Waals surface area contributed by atoms with Crippen LogP contribution in [-0.4, -0.2) is 34.7 Å². The molecule has 0 bridgehead atoms. The normalized spacial score (nSPS) is 31.7. The molecule has 0 saturated heterocycles. The van der Waals surface area contributed by atoms with Gasteiger partial charge in [0.25, 0.3) is 0 Å². The Morgan fingerprint density at radius 2 is 1.82 bits per heavy atom. The summed E-state index contributed by atoms with van der Waals surface area (Å²) in [7, 11) is 0. The first-order valence-corrected chi connectivity index (χ1v) is 9.94. The van der Waals surface area contributed by atoms with E-state index in [1.54, 1.807) is 0 Å². The van der Waals surface area contributed by atoms with Gasteiger partial charge in [0.1, 0.15) is 6.61 Å². The van der Waals surface area contributed by atoms with E-state index in [4.69, 9.17) is 9.84 Å². The van der Waals surface area contributed by atoms with E-state index >= 15 is 0 Å². The quantitative estimate of drug-likeness (QED) is 0.385. The lowest BCUT2D eigenvalue weighted by molar-refractivity contribution is -0.147. The van der Waals surface area contributed by atoms with Crippen LogP contribution in [0.4, 0.5) is 0 Å². The van der Waals surface area contributed by atoms with Crippen LogP contribution in [0.2, 0.25) is 0 Å². The fraction of sp³-hybridized carbons (Fsp3) is 0.682. The van der Waals surface area contributed by atoms with Crippen molar-refractivity contribution in [2.75, 3.05) is 6.61 Å². The lowest BCUT2D eigenvalue weighted by Gasteiger charge is -2.56. The maximum atomic E-state index is 12.0. The molecule has 0 amide bonds. The van der Waals surface area contributed by atoms with E-state index in [0.29, 0.717) is 18.4 Å². The van der Waals surface area contributed by atoms with Gasteiger partial charge in [-0.15, -0.1) is 0 Å². The van der Waals surface area contributed by atoms with E-state index in [9.17, 15) is 19.5 Å². The monoisotopic (exact) mass is 392 g/mol. The van der Waals surface area contributed by atoms with Gasteiger partial charge in [-0.05, 0) is 53.9 Å². The Labute approximate surface area is 166 Å². The molecule has 4 unspecified atom stereocenters. The number of allylic oxidation sites excluding steroid dienone is 1. The molecule has 6 nitrogen and oxygen atoms in total. The first-order chi connectivity index (χ1) is 13.0. The highest BCUT2D eigenvalue weighted by molar-refractivity contribution is 5.80. The van der Waals surface area contributed by atoms with Gasteiger partial charge in [0, 0.05) is 13.0 Å². The molecular weight excluding hydrogens is 360 g/mol. The van der Waals surface area contributed by atoms with Gasteiger partial charge < -0.3 is 14.9 Å². The smallest absolute Gasteiger partial charge is 0.328 e. The number of ether oxygens (including phenoxy) is 1. The Balaban J connectivity index is 2.28. The van der Waals surface area contributed by atoms with Gasteiger partial charge in [0.2, 0.25) is 0 Å². The molecule has 1 saturated carbocycles. The molecule has 6 heteroatoms. The van der Waals surface area contributed by atoms with Gasteiger partial charge in [-0.2, -0.15) is 0 Å². The molecule has 2 N–H and O–H groups in total. The average Bonchev–Trinajstić information content (AvgIpc) is 2.55. The highest BCUT2D eigenvalue weighted by Crippen LogP contribution is 2.60. The molecule has 156 valence electrons. The van der Waals surface area contributed by atoms with E-state index in [-0.39, 0.29) is 29.3 Å². The second-order valence-electron chi connectivity index (χ2n) is 9.14. The van der Waals surface area contributed by atoms with Crippen molar-refractivity contribution in [3.63, 3.8) is 0 Å². The van der Waals surface area contributed by atoms with Crippen LogP contribution in [-0.2, 0) is 19.1 Å². The number of fused-ring (bicyclic) bond motifs is 1. The van der Waals surface area contributed by atoms with Crippen LogP contribution in [0, 0.1) is 28.6 Å². The molecule has 2 aliphatic carbocycles. The minimum atomic E-state index is -1.09. The lowest BCUT2D eigenvalue weighted by Crippen LogP contribution is -2.50. The molecular formula is C22H32O6. The zero-order chi connectivity index (χ0) is 21.1. The summed E-state index contributed by atoms with van der Waals surface area (Å²) in [5, 5.41) is 18.9. The van der Waals surface area contributed by atoms with Crippen molar-refractivity contribution < 1.29 is 29.3 Å². The predicted molar refractivity (Wildman–Crippen MR) is 105 cm³/mol. The first kappa shape index (κ1) is 22.2. The maximum Gasteiger partial charge on any atom is 0.328 e. The number of carbonyl (C=O) groups excluding carboxylic acids is 1. The van der Waals surface area contributed by atoms with Gasteiger partial charge >= 0.3 is 17.9 Å². The van der Waals surface area contributed by atoms with Crippen molar-refractivity contribution in [2.24, 2.45) is 28.6 Å². The topological polar surface area (TPSA) is 101 Å². The van der Waals surface area contributed by atoms with Crippen LogP contribution >= 0.6 is 0 Å². The number of esters is 1. The van der Waals surface area contributed by atoms with Gasteiger partial charge in [-0.25, -0.2) is 4.79 Å². The van der Waals surface area contributed by atoms with E-state index in [1.165, 1.54) is 6.92 Å². The third-order valence-electron chi connectivity index (χ3n) is 6.73. The summed E-state index contributed by atoms with van der Waals surface area (Å²) in [5.74, 6) is -2.81. The zero-order valence-electron chi connectivity index (χ0n) is 17.2. The molecule has 0 aliphatic heterocycles. The first-order valence-electron chi connectivity index (χ1n) is 9.94. The summed E-state index contributed by atoms with van der Waals surface area (Å²) in [5.41, 5.74) is 0.439. The second kappa shape index (κ2) is 8.50. The Morgan fingerprint density at radius 1 is 1.14 bits per heavy atom. The number of hydrogen-bond acceptors (Lipinski definition) is 4. The van der Waals surface area contributed by atoms with E-state index < -0.39 is 23.8 Å². The highest BCUT2D eigenvalue weighted by Gasteiger charge is 2.53. The summed E-state index contributed by atoms with van der Waals surface area (Å²) < 4.78 is 4.98. The standard InChI is InChI=1S/C22H32O6/c1-14(23)28-13-15(12-19(24)25)6-8-17-16(20(26)27)7-9-18-21(2,3)10-5-11-22(17,18)4/h7,9,12,16-18H,5-6,8,10-11,13H2,1-4H3,(H,24,25)(H,26,27). The number of carboxylic acids is 2. The van der Waals surface area contributed by atoms with Gasteiger partial charge in [0.15, 0.2) is 0 Å². The molecule has 0 spiro atoms. The van der Waals surface area contributed by atoms with Gasteiger partial charge in [-0.3, -0.25) is 9.59 Å². The molecule has 2 rings (SSSR count). The highest BCUT2D eigenvalue weighted by atomic mass is 16.5. The Morgan fingerprint density at radius 3 is 2.39 bits per heavy atom. The van der Waals surface area contributed by atoms with Crippen molar-refractivity contribution in [2.45, 2.75) is 59.8 Å². The third kappa shape index (κ3) is 4.83. The molecule has 2 aliphatic rings. The summed E-state index contributed by atoms with van der Waals surface area (Å²) in [6.45, 7) is 7.88. The van der Waals surface area contributed by atoms with E-state index in [1.807, 2.05) is 6.08 Å². The molecule has 0 aromatic heterocycles. The third-order valence-corrected chi connectivity index (χ3v) is 6.73. The number of carbonyl (C=O) groups is 3. The van der Waals surface area contributed by atoms with E-state index in [2.05, 4.69) is 26.8 Å². The Bertz CT molecular complexity index is 689. The van der Waals surface area contributed by atoms with Crippen LogP contribution in [0.1, 0.15) is 59.8 Å². The fourth-order valence-electron chi connectivity index (χ4n) is 5.46. The van der Waals surface area contributed by atoms with Crippen LogP contribution in [0.3, 0.4) is 0 Å².